The number of halogens is 1. The van der Waals surface area contributed by atoms with Gasteiger partial charge in [-0.25, -0.2) is 8.42 Å². The van der Waals surface area contributed by atoms with Crippen LogP contribution in [-0.4, -0.2) is 31.3 Å². The lowest BCUT2D eigenvalue weighted by molar-refractivity contribution is -0.118. The lowest BCUT2D eigenvalue weighted by atomic mass is 9.73. The fraction of sp³-hybridized carbons (Fsp3) is 0.267. The Kier molecular flexibility index (Phi) is 7.37. The number of ether oxygens (including phenoxy) is 1. The highest BCUT2D eigenvalue weighted by Crippen LogP contribution is 2.52. The van der Waals surface area contributed by atoms with Crippen LogP contribution in [0, 0.1) is 5.41 Å². The lowest BCUT2D eigenvalue weighted by Gasteiger charge is -2.37. The van der Waals surface area contributed by atoms with Gasteiger partial charge in [0.05, 0.1) is 5.69 Å². The molecule has 1 atom stereocenters. The standard InChI is InChI=1S/C30H29ClN2O6S/c1-30(2)16-23-27(26(36)17-30)29(21-12-11-20(15-22(21)31)39-18-19-7-4-3-5-8-19)33(40(37,38)14-13-34)24-9-6-10-25(35)28(24)32-23/h3-13,15,29,32,35H,14,16-18H2,1-2H3. The van der Waals surface area contributed by atoms with Gasteiger partial charge >= 0.3 is 0 Å². The molecule has 3 aromatic rings. The van der Waals surface area contributed by atoms with E-state index in [1.165, 1.54) is 18.2 Å². The first-order valence-corrected chi connectivity index (χ1v) is 14.8. The van der Waals surface area contributed by atoms with Crippen LogP contribution < -0.4 is 14.4 Å². The first kappa shape index (κ1) is 27.7. The minimum absolute atomic E-state index is 0.104. The van der Waals surface area contributed by atoms with E-state index < -0.39 is 27.2 Å². The number of carbonyl (C=O) groups is 2. The number of sulfonamides is 1. The zero-order chi connectivity index (χ0) is 28.7. The minimum atomic E-state index is -4.32. The summed E-state index contributed by atoms with van der Waals surface area (Å²) in [5, 5.41) is 14.1. The van der Waals surface area contributed by atoms with Crippen LogP contribution in [0.3, 0.4) is 0 Å². The molecular weight excluding hydrogens is 552 g/mol. The molecule has 3 aromatic carbocycles. The summed E-state index contributed by atoms with van der Waals surface area (Å²) in [5.41, 5.74) is 1.87. The van der Waals surface area contributed by atoms with Gasteiger partial charge in [-0.15, -0.1) is 0 Å². The topological polar surface area (TPSA) is 113 Å². The molecule has 208 valence electrons. The predicted molar refractivity (Wildman–Crippen MR) is 154 cm³/mol. The van der Waals surface area contributed by atoms with Crippen molar-refractivity contribution in [3.05, 3.63) is 94.1 Å². The fourth-order valence-electron chi connectivity index (χ4n) is 5.33. The van der Waals surface area contributed by atoms with Crippen molar-refractivity contribution in [3.8, 4) is 11.5 Å². The number of hydrogen-bond donors (Lipinski definition) is 2. The number of phenolic OH excluding ortho intramolecular Hbond substituents is 1. The average Bonchev–Trinajstić information content (AvgIpc) is 3.03. The van der Waals surface area contributed by atoms with Crippen molar-refractivity contribution in [2.45, 2.75) is 39.3 Å². The van der Waals surface area contributed by atoms with Gasteiger partial charge in [-0.1, -0.05) is 67.9 Å². The number of carbonyl (C=O) groups excluding carboxylic acids is 2. The van der Waals surface area contributed by atoms with Gasteiger partial charge in [0.2, 0.25) is 10.0 Å². The molecular formula is C30H29ClN2O6S. The van der Waals surface area contributed by atoms with Gasteiger partial charge in [-0.2, -0.15) is 0 Å². The average molecular weight is 581 g/mol. The normalized spacial score (nSPS) is 18.3. The summed E-state index contributed by atoms with van der Waals surface area (Å²) < 4.78 is 34.4. The van der Waals surface area contributed by atoms with E-state index in [2.05, 4.69) is 5.32 Å². The zero-order valence-corrected chi connectivity index (χ0v) is 23.6. The highest BCUT2D eigenvalue weighted by atomic mass is 35.5. The summed E-state index contributed by atoms with van der Waals surface area (Å²) in [6.07, 6.45) is 0.913. The number of ketones is 1. The van der Waals surface area contributed by atoms with E-state index in [0.29, 0.717) is 36.3 Å². The Morgan fingerprint density at radius 1 is 1.10 bits per heavy atom. The number of phenols is 1. The summed E-state index contributed by atoms with van der Waals surface area (Å²) in [6, 6.07) is 17.8. The van der Waals surface area contributed by atoms with Gasteiger partial charge < -0.3 is 20.0 Å². The number of hydrogen-bond acceptors (Lipinski definition) is 7. The quantitative estimate of drug-likeness (QED) is 0.269. The third kappa shape index (κ3) is 5.31. The van der Waals surface area contributed by atoms with Crippen LogP contribution in [0.1, 0.15) is 43.9 Å². The van der Waals surface area contributed by atoms with Crippen molar-refractivity contribution in [3.63, 3.8) is 0 Å². The molecule has 0 bridgehead atoms. The van der Waals surface area contributed by atoms with Crippen molar-refractivity contribution in [1.82, 2.24) is 0 Å². The van der Waals surface area contributed by atoms with Crippen molar-refractivity contribution in [2.75, 3.05) is 15.4 Å². The van der Waals surface area contributed by atoms with Crippen molar-refractivity contribution in [2.24, 2.45) is 5.41 Å². The van der Waals surface area contributed by atoms with Crippen LogP contribution in [0.5, 0.6) is 11.5 Å². The second kappa shape index (κ2) is 10.6. The van der Waals surface area contributed by atoms with Gasteiger partial charge in [0, 0.05) is 22.7 Å². The van der Waals surface area contributed by atoms with E-state index in [1.54, 1.807) is 18.2 Å². The molecule has 0 saturated heterocycles. The molecule has 10 heteroatoms. The van der Waals surface area contributed by atoms with Crippen molar-refractivity contribution < 1.29 is 27.9 Å². The zero-order valence-electron chi connectivity index (χ0n) is 22.1. The van der Waals surface area contributed by atoms with Gasteiger partial charge in [-0.05, 0) is 47.2 Å². The first-order chi connectivity index (χ1) is 19.0. The Hall–Kier alpha value is -3.82. The number of allylic oxidation sites excluding steroid dienone is 1. The number of benzene rings is 3. The number of aldehydes is 1. The predicted octanol–water partition coefficient (Wildman–Crippen LogP) is 5.77. The maximum atomic E-state index is 13.8. The summed E-state index contributed by atoms with van der Waals surface area (Å²) in [7, 11) is -4.32. The second-order valence-electron chi connectivity index (χ2n) is 10.7. The van der Waals surface area contributed by atoms with E-state index in [-0.39, 0.29) is 39.9 Å². The largest absolute Gasteiger partial charge is 0.506 e. The Balaban J connectivity index is 1.69. The summed E-state index contributed by atoms with van der Waals surface area (Å²) in [5.74, 6) is -0.794. The maximum absolute atomic E-state index is 13.8. The molecule has 0 fully saturated rings. The minimum Gasteiger partial charge on any atom is -0.506 e. The van der Waals surface area contributed by atoms with E-state index in [0.717, 1.165) is 9.87 Å². The van der Waals surface area contributed by atoms with Crippen molar-refractivity contribution in [1.29, 1.82) is 0 Å². The molecule has 0 spiro atoms. The molecule has 1 unspecified atom stereocenters. The third-order valence-electron chi connectivity index (χ3n) is 7.05. The smallest absolute Gasteiger partial charge is 0.242 e. The third-order valence-corrected chi connectivity index (χ3v) is 8.95. The van der Waals surface area contributed by atoms with E-state index in [1.807, 2.05) is 44.2 Å². The highest BCUT2D eigenvalue weighted by Gasteiger charge is 2.46. The lowest BCUT2D eigenvalue weighted by Crippen LogP contribution is -2.40. The maximum Gasteiger partial charge on any atom is 0.242 e. The number of para-hydroxylation sites is 1. The van der Waals surface area contributed by atoms with Gasteiger partial charge in [0.25, 0.3) is 0 Å². The molecule has 1 heterocycles. The van der Waals surface area contributed by atoms with Crippen LogP contribution >= 0.6 is 11.6 Å². The molecule has 1 aliphatic heterocycles. The van der Waals surface area contributed by atoms with Crippen LogP contribution in [-0.2, 0) is 26.2 Å². The molecule has 2 N–H and O–H groups in total. The summed E-state index contributed by atoms with van der Waals surface area (Å²) in [4.78, 5) is 25.3. The fourth-order valence-corrected chi connectivity index (χ4v) is 6.93. The first-order valence-electron chi connectivity index (χ1n) is 12.8. The van der Waals surface area contributed by atoms with Gasteiger partial charge in [0.1, 0.15) is 41.9 Å². The van der Waals surface area contributed by atoms with Gasteiger partial charge in [0.15, 0.2) is 5.78 Å². The molecule has 0 saturated carbocycles. The van der Waals surface area contributed by atoms with E-state index in [4.69, 9.17) is 16.3 Å². The number of nitrogens with zero attached hydrogens (tertiary/aromatic N) is 1. The SMILES string of the molecule is CC1(C)CC(=O)C2=C(C1)Nc1c(O)cccc1N(S(=O)(=O)CC=O)C2c1ccc(OCc2ccccc2)cc1Cl. The number of Topliss-reactive ketones (excluding diaryl/α,β-unsaturated/α-hetero) is 1. The molecule has 8 nitrogen and oxygen atoms in total. The number of rotatable bonds is 7. The molecule has 2 aliphatic rings. The van der Waals surface area contributed by atoms with Crippen LogP contribution in [0.4, 0.5) is 11.4 Å². The number of aromatic hydroxyl groups is 1. The molecule has 40 heavy (non-hydrogen) atoms. The molecule has 5 rings (SSSR count). The molecule has 0 radical (unpaired) electrons. The highest BCUT2D eigenvalue weighted by molar-refractivity contribution is 7.93. The van der Waals surface area contributed by atoms with Crippen LogP contribution in [0.2, 0.25) is 5.02 Å². The van der Waals surface area contributed by atoms with E-state index in [9.17, 15) is 23.1 Å². The van der Waals surface area contributed by atoms with Crippen LogP contribution in [0.25, 0.3) is 0 Å². The Morgan fingerprint density at radius 2 is 1.85 bits per heavy atom. The van der Waals surface area contributed by atoms with Crippen molar-refractivity contribution >= 4 is 45.1 Å². The van der Waals surface area contributed by atoms with E-state index >= 15 is 0 Å². The monoisotopic (exact) mass is 580 g/mol. The Morgan fingerprint density at radius 3 is 2.55 bits per heavy atom. The number of nitrogens with one attached hydrogen (secondary N) is 1. The number of fused-ring (bicyclic) bond motifs is 1. The Labute approximate surface area is 238 Å². The van der Waals surface area contributed by atoms with Gasteiger partial charge in [-0.3, -0.25) is 9.10 Å². The molecule has 0 aromatic heterocycles. The molecule has 0 amide bonds. The second-order valence-corrected chi connectivity index (χ2v) is 13.0. The summed E-state index contributed by atoms with van der Waals surface area (Å²) in [6.45, 7) is 4.21. The summed E-state index contributed by atoms with van der Waals surface area (Å²) >= 11 is 6.81. The van der Waals surface area contributed by atoms with Crippen LogP contribution in [0.15, 0.2) is 78.0 Å². The Bertz CT molecular complexity index is 1620. The molecule has 1 aliphatic carbocycles. The number of anilines is 2.